The number of carbonyl (C=O) groups is 2. The normalized spacial score (nSPS) is 21.5. The largest absolute Gasteiger partial charge is 0.339 e. The first-order valence-corrected chi connectivity index (χ1v) is 10.4. The zero-order valence-electron chi connectivity index (χ0n) is 15.1. The molecular weight excluding hydrogens is 419 g/mol. The molecule has 1 saturated carbocycles. The molecule has 1 saturated heterocycles. The van der Waals surface area contributed by atoms with Crippen LogP contribution in [0.15, 0.2) is 42.5 Å². The van der Waals surface area contributed by atoms with Crippen LogP contribution in [0.5, 0.6) is 0 Å². The first-order valence-electron chi connectivity index (χ1n) is 9.24. The van der Waals surface area contributed by atoms with Gasteiger partial charge in [-0.2, -0.15) is 0 Å². The van der Waals surface area contributed by atoms with Crippen LogP contribution in [-0.2, 0) is 4.79 Å². The lowest BCUT2D eigenvalue weighted by Gasteiger charge is -2.35. The third-order valence-electron chi connectivity index (χ3n) is 5.47. The predicted octanol–water partition coefficient (Wildman–Crippen LogP) is 4.73. The number of carbonyl (C=O) groups excluding carboxylic acids is 2. The van der Waals surface area contributed by atoms with E-state index in [9.17, 15) is 9.59 Å². The van der Waals surface area contributed by atoms with Crippen LogP contribution in [0.2, 0.25) is 15.1 Å². The van der Waals surface area contributed by atoms with Gasteiger partial charge in [0.1, 0.15) is 0 Å². The molecule has 4 nitrogen and oxygen atoms in total. The molecule has 7 heteroatoms. The van der Waals surface area contributed by atoms with E-state index in [-0.39, 0.29) is 28.7 Å². The molecule has 0 bridgehead atoms. The Bertz CT molecular complexity index is 926. The zero-order valence-corrected chi connectivity index (χ0v) is 17.3. The van der Waals surface area contributed by atoms with Gasteiger partial charge in [-0.1, -0.05) is 59.1 Å². The standard InChI is InChI=1S/C21H19Cl3N2O2/c22-17-6-2-1-4-13(17)15-12-16(15)21(28)26-10-8-25(9-11-26)20(27)14-5-3-7-18(23)19(14)24/h1-7,15-16H,8-12H2. The minimum absolute atomic E-state index is 0.00970. The van der Waals surface area contributed by atoms with E-state index < -0.39 is 0 Å². The van der Waals surface area contributed by atoms with Gasteiger partial charge >= 0.3 is 0 Å². The number of hydrogen-bond acceptors (Lipinski definition) is 2. The molecule has 2 atom stereocenters. The van der Waals surface area contributed by atoms with E-state index in [1.54, 1.807) is 23.1 Å². The van der Waals surface area contributed by atoms with Crippen LogP contribution in [0.1, 0.15) is 28.3 Å². The summed E-state index contributed by atoms with van der Waals surface area (Å²) < 4.78 is 0. The summed E-state index contributed by atoms with van der Waals surface area (Å²) in [5, 5.41) is 1.35. The maximum atomic E-state index is 12.8. The highest BCUT2D eigenvalue weighted by Gasteiger charge is 2.47. The van der Waals surface area contributed by atoms with Gasteiger partial charge in [0.05, 0.1) is 15.6 Å². The topological polar surface area (TPSA) is 40.6 Å². The summed E-state index contributed by atoms with van der Waals surface area (Å²) in [5.41, 5.74) is 1.45. The Kier molecular flexibility index (Phi) is 5.55. The Morgan fingerprint density at radius 2 is 1.46 bits per heavy atom. The summed E-state index contributed by atoms with van der Waals surface area (Å²) in [7, 11) is 0. The summed E-state index contributed by atoms with van der Waals surface area (Å²) in [4.78, 5) is 29.2. The number of benzene rings is 2. The van der Waals surface area contributed by atoms with Gasteiger partial charge in [0.15, 0.2) is 0 Å². The fraction of sp³-hybridized carbons (Fsp3) is 0.333. The number of amides is 2. The van der Waals surface area contributed by atoms with Gasteiger partial charge in [0.25, 0.3) is 5.91 Å². The van der Waals surface area contributed by atoms with Crippen molar-refractivity contribution in [1.82, 2.24) is 9.80 Å². The maximum absolute atomic E-state index is 12.8. The second-order valence-electron chi connectivity index (χ2n) is 7.19. The third kappa shape index (κ3) is 3.73. The van der Waals surface area contributed by atoms with Crippen LogP contribution in [0.25, 0.3) is 0 Å². The number of piperazine rings is 1. The Morgan fingerprint density at radius 3 is 2.18 bits per heavy atom. The molecule has 1 aliphatic carbocycles. The van der Waals surface area contributed by atoms with Crippen molar-refractivity contribution in [2.24, 2.45) is 5.92 Å². The second-order valence-corrected chi connectivity index (χ2v) is 8.38. The van der Waals surface area contributed by atoms with Crippen LogP contribution in [0, 0.1) is 5.92 Å². The molecule has 2 aliphatic rings. The Balaban J connectivity index is 1.36. The average molecular weight is 438 g/mol. The molecule has 2 amide bonds. The lowest BCUT2D eigenvalue weighted by molar-refractivity contribution is -0.134. The van der Waals surface area contributed by atoms with Gasteiger partial charge in [0.2, 0.25) is 5.91 Å². The molecule has 2 unspecified atom stereocenters. The highest BCUT2D eigenvalue weighted by Crippen LogP contribution is 2.50. The molecule has 1 aliphatic heterocycles. The lowest BCUT2D eigenvalue weighted by Crippen LogP contribution is -2.51. The maximum Gasteiger partial charge on any atom is 0.255 e. The zero-order chi connectivity index (χ0) is 19.8. The summed E-state index contributed by atoms with van der Waals surface area (Å²) in [6.45, 7) is 2.01. The minimum Gasteiger partial charge on any atom is -0.339 e. The van der Waals surface area contributed by atoms with Crippen LogP contribution in [-0.4, -0.2) is 47.8 Å². The Hall–Kier alpha value is -1.75. The summed E-state index contributed by atoms with van der Waals surface area (Å²) in [5.74, 6) is 0.188. The monoisotopic (exact) mass is 436 g/mol. The van der Waals surface area contributed by atoms with Crippen molar-refractivity contribution in [3.63, 3.8) is 0 Å². The second kappa shape index (κ2) is 7.94. The molecule has 146 valence electrons. The van der Waals surface area contributed by atoms with Crippen LogP contribution < -0.4 is 0 Å². The van der Waals surface area contributed by atoms with E-state index in [2.05, 4.69) is 0 Å². The molecule has 2 fully saturated rings. The van der Waals surface area contributed by atoms with Crippen LogP contribution >= 0.6 is 34.8 Å². The SMILES string of the molecule is O=C(c1cccc(Cl)c1Cl)N1CCN(C(=O)C2CC2c2ccccc2Cl)CC1. The summed E-state index contributed by atoms with van der Waals surface area (Å²) in [6.07, 6.45) is 0.833. The van der Waals surface area contributed by atoms with E-state index in [4.69, 9.17) is 34.8 Å². The van der Waals surface area contributed by atoms with Gasteiger partial charge in [0, 0.05) is 37.1 Å². The summed E-state index contributed by atoms with van der Waals surface area (Å²) in [6, 6.07) is 12.7. The molecule has 2 aromatic rings. The predicted molar refractivity (Wildman–Crippen MR) is 111 cm³/mol. The van der Waals surface area contributed by atoms with E-state index >= 15 is 0 Å². The molecule has 28 heavy (non-hydrogen) atoms. The van der Waals surface area contributed by atoms with Crippen molar-refractivity contribution < 1.29 is 9.59 Å². The molecule has 0 radical (unpaired) electrons. The Labute approximate surface area is 179 Å². The van der Waals surface area contributed by atoms with Gasteiger partial charge in [-0.15, -0.1) is 0 Å². The average Bonchev–Trinajstić information content (AvgIpc) is 3.50. The van der Waals surface area contributed by atoms with E-state index in [0.717, 1.165) is 17.0 Å². The van der Waals surface area contributed by atoms with E-state index in [0.29, 0.717) is 36.8 Å². The van der Waals surface area contributed by atoms with E-state index in [1.165, 1.54) is 0 Å². The highest BCUT2D eigenvalue weighted by atomic mass is 35.5. The number of rotatable bonds is 3. The van der Waals surface area contributed by atoms with Crippen molar-refractivity contribution in [3.05, 3.63) is 68.7 Å². The van der Waals surface area contributed by atoms with Crippen LogP contribution in [0.3, 0.4) is 0 Å². The Morgan fingerprint density at radius 1 is 0.821 bits per heavy atom. The molecule has 2 aromatic carbocycles. The van der Waals surface area contributed by atoms with Crippen molar-refractivity contribution in [2.75, 3.05) is 26.2 Å². The van der Waals surface area contributed by atoms with Crippen molar-refractivity contribution >= 4 is 46.6 Å². The van der Waals surface area contributed by atoms with Crippen molar-refractivity contribution in [3.8, 4) is 0 Å². The number of halogens is 3. The van der Waals surface area contributed by atoms with E-state index in [1.807, 2.05) is 29.2 Å². The molecule has 0 spiro atoms. The van der Waals surface area contributed by atoms with Crippen molar-refractivity contribution in [1.29, 1.82) is 0 Å². The molecule has 0 N–H and O–H groups in total. The molecule has 4 rings (SSSR count). The molecule has 0 aromatic heterocycles. The quantitative estimate of drug-likeness (QED) is 0.696. The first kappa shape index (κ1) is 19.6. The van der Waals surface area contributed by atoms with Gasteiger partial charge < -0.3 is 9.80 Å². The molecule has 1 heterocycles. The summed E-state index contributed by atoms with van der Waals surface area (Å²) >= 11 is 18.4. The first-order chi connectivity index (χ1) is 13.5. The molecular formula is C21H19Cl3N2O2. The lowest BCUT2D eigenvalue weighted by atomic mass is 10.1. The number of nitrogens with zero attached hydrogens (tertiary/aromatic N) is 2. The fourth-order valence-electron chi connectivity index (χ4n) is 3.79. The van der Waals surface area contributed by atoms with Crippen LogP contribution in [0.4, 0.5) is 0 Å². The highest BCUT2D eigenvalue weighted by molar-refractivity contribution is 6.43. The van der Waals surface area contributed by atoms with Gasteiger partial charge in [-0.25, -0.2) is 0 Å². The van der Waals surface area contributed by atoms with Gasteiger partial charge in [-0.3, -0.25) is 9.59 Å². The van der Waals surface area contributed by atoms with Crippen molar-refractivity contribution in [2.45, 2.75) is 12.3 Å². The fourth-order valence-corrected chi connectivity index (χ4v) is 4.45. The third-order valence-corrected chi connectivity index (χ3v) is 6.64. The minimum atomic E-state index is -0.153. The number of hydrogen-bond donors (Lipinski definition) is 0. The van der Waals surface area contributed by atoms with Gasteiger partial charge in [-0.05, 0) is 36.1 Å². The smallest absolute Gasteiger partial charge is 0.255 e.